The third kappa shape index (κ3) is 2.25. The molecule has 0 aromatic heterocycles. The van der Waals surface area contributed by atoms with Gasteiger partial charge in [-0.25, -0.2) is 0 Å². The first kappa shape index (κ1) is 7.98. The Morgan fingerprint density at radius 2 is 2.30 bits per heavy atom. The van der Waals surface area contributed by atoms with Gasteiger partial charge in [0.15, 0.2) is 0 Å². The van der Waals surface area contributed by atoms with Gasteiger partial charge in [-0.3, -0.25) is 0 Å². The van der Waals surface area contributed by atoms with Gasteiger partial charge in [-0.15, -0.1) is 0 Å². The lowest BCUT2D eigenvalue weighted by atomic mass is 10.2. The number of methoxy groups -OCH3 is 1. The molecule has 0 aromatic rings. The monoisotopic (exact) mass is 146 g/mol. The summed E-state index contributed by atoms with van der Waals surface area (Å²) in [5.74, 6) is 0. The highest BCUT2D eigenvalue weighted by Crippen LogP contribution is 2.09. The molecule has 0 bridgehead atoms. The molecular weight excluding hydrogens is 132 g/mol. The Morgan fingerprint density at radius 3 is 3.00 bits per heavy atom. The summed E-state index contributed by atoms with van der Waals surface area (Å²) < 4.78 is 15.5. The van der Waals surface area contributed by atoms with Crippen LogP contribution in [0, 0.1) is 0 Å². The molecule has 0 aromatic carbocycles. The zero-order valence-electron chi connectivity index (χ0n) is 6.50. The topological polar surface area (TPSA) is 27.7 Å². The van der Waals surface area contributed by atoms with E-state index < -0.39 is 0 Å². The minimum atomic E-state index is 0.206. The van der Waals surface area contributed by atoms with Crippen LogP contribution >= 0.6 is 0 Å². The second kappa shape index (κ2) is 3.91. The van der Waals surface area contributed by atoms with Crippen LogP contribution < -0.4 is 0 Å². The second-order valence-electron chi connectivity index (χ2n) is 2.56. The van der Waals surface area contributed by atoms with E-state index in [0.717, 1.165) is 6.42 Å². The largest absolute Gasteiger partial charge is 0.379 e. The summed E-state index contributed by atoms with van der Waals surface area (Å²) >= 11 is 0. The standard InChI is InChI=1S/C7H14O3/c1-6-3-7(8-2)4-9-5-10-6/h6-7H,3-5H2,1-2H3/t6-,7-/m0/s1. The van der Waals surface area contributed by atoms with Crippen LogP contribution in [0.2, 0.25) is 0 Å². The molecule has 1 saturated heterocycles. The zero-order valence-corrected chi connectivity index (χ0v) is 6.50. The summed E-state index contributed by atoms with van der Waals surface area (Å²) in [5, 5.41) is 0. The molecule has 0 aliphatic carbocycles. The van der Waals surface area contributed by atoms with E-state index in [0.29, 0.717) is 13.4 Å². The highest BCUT2D eigenvalue weighted by Gasteiger charge is 2.16. The second-order valence-corrected chi connectivity index (χ2v) is 2.56. The molecule has 1 aliphatic heterocycles. The van der Waals surface area contributed by atoms with Crippen molar-refractivity contribution in [3.8, 4) is 0 Å². The molecule has 0 N–H and O–H groups in total. The molecule has 0 spiro atoms. The normalized spacial score (nSPS) is 35.4. The van der Waals surface area contributed by atoms with Gasteiger partial charge in [0.2, 0.25) is 0 Å². The van der Waals surface area contributed by atoms with Crippen molar-refractivity contribution in [1.29, 1.82) is 0 Å². The van der Waals surface area contributed by atoms with Crippen LogP contribution in [-0.4, -0.2) is 32.7 Å². The highest BCUT2D eigenvalue weighted by molar-refractivity contribution is 4.63. The fraction of sp³-hybridized carbons (Fsp3) is 1.00. The van der Waals surface area contributed by atoms with E-state index in [1.54, 1.807) is 7.11 Å². The van der Waals surface area contributed by atoms with E-state index in [9.17, 15) is 0 Å². The quantitative estimate of drug-likeness (QED) is 0.547. The van der Waals surface area contributed by atoms with Crippen molar-refractivity contribution in [2.24, 2.45) is 0 Å². The Kier molecular flexibility index (Phi) is 3.12. The summed E-state index contributed by atoms with van der Waals surface area (Å²) in [6.07, 6.45) is 1.39. The van der Waals surface area contributed by atoms with E-state index in [-0.39, 0.29) is 12.2 Å². The maximum atomic E-state index is 5.23. The van der Waals surface area contributed by atoms with Crippen LogP contribution in [0.15, 0.2) is 0 Å². The molecule has 0 unspecified atom stereocenters. The molecule has 1 aliphatic rings. The van der Waals surface area contributed by atoms with E-state index in [1.807, 2.05) is 6.92 Å². The fourth-order valence-electron chi connectivity index (χ4n) is 1.01. The van der Waals surface area contributed by atoms with Crippen LogP contribution in [0.1, 0.15) is 13.3 Å². The molecule has 3 nitrogen and oxygen atoms in total. The molecule has 3 heteroatoms. The number of hydrogen-bond acceptors (Lipinski definition) is 3. The molecule has 0 amide bonds. The first-order valence-electron chi connectivity index (χ1n) is 3.55. The molecular formula is C7H14O3. The van der Waals surface area contributed by atoms with Crippen LogP contribution in [-0.2, 0) is 14.2 Å². The molecule has 0 saturated carbocycles. The third-order valence-corrected chi connectivity index (χ3v) is 1.67. The molecule has 1 rings (SSSR count). The van der Waals surface area contributed by atoms with Gasteiger partial charge in [-0.1, -0.05) is 0 Å². The maximum Gasteiger partial charge on any atom is 0.147 e. The Hall–Kier alpha value is -0.120. The van der Waals surface area contributed by atoms with Gasteiger partial charge >= 0.3 is 0 Å². The van der Waals surface area contributed by atoms with Crippen molar-refractivity contribution in [2.75, 3.05) is 20.5 Å². The van der Waals surface area contributed by atoms with E-state index >= 15 is 0 Å². The smallest absolute Gasteiger partial charge is 0.147 e. The van der Waals surface area contributed by atoms with Crippen molar-refractivity contribution < 1.29 is 14.2 Å². The lowest BCUT2D eigenvalue weighted by Gasteiger charge is -2.12. The van der Waals surface area contributed by atoms with Crippen LogP contribution in [0.4, 0.5) is 0 Å². The molecule has 60 valence electrons. The minimum Gasteiger partial charge on any atom is -0.379 e. The van der Waals surface area contributed by atoms with Gasteiger partial charge in [0, 0.05) is 13.5 Å². The first-order chi connectivity index (χ1) is 4.83. The van der Waals surface area contributed by atoms with Gasteiger partial charge in [0.05, 0.1) is 18.8 Å². The van der Waals surface area contributed by atoms with Crippen LogP contribution in [0.25, 0.3) is 0 Å². The summed E-state index contributed by atoms with van der Waals surface area (Å²) in [7, 11) is 1.70. The zero-order chi connectivity index (χ0) is 7.40. The Bertz CT molecular complexity index is 94.9. The van der Waals surface area contributed by atoms with E-state index in [1.165, 1.54) is 0 Å². The van der Waals surface area contributed by atoms with Gasteiger partial charge < -0.3 is 14.2 Å². The maximum absolute atomic E-state index is 5.23. The number of rotatable bonds is 1. The summed E-state index contributed by atoms with van der Waals surface area (Å²) in [4.78, 5) is 0. The average molecular weight is 146 g/mol. The van der Waals surface area contributed by atoms with E-state index in [4.69, 9.17) is 14.2 Å². The molecule has 1 heterocycles. The van der Waals surface area contributed by atoms with Crippen molar-refractivity contribution in [3.63, 3.8) is 0 Å². The highest BCUT2D eigenvalue weighted by atomic mass is 16.7. The predicted octanol–water partition coefficient (Wildman–Crippen LogP) is 0.784. The van der Waals surface area contributed by atoms with Gasteiger partial charge in [-0.2, -0.15) is 0 Å². The average Bonchev–Trinajstić information content (AvgIpc) is 2.13. The van der Waals surface area contributed by atoms with Gasteiger partial charge in [0.25, 0.3) is 0 Å². The van der Waals surface area contributed by atoms with Crippen molar-refractivity contribution >= 4 is 0 Å². The van der Waals surface area contributed by atoms with Crippen molar-refractivity contribution in [1.82, 2.24) is 0 Å². The molecule has 1 fully saturated rings. The lowest BCUT2D eigenvalue weighted by molar-refractivity contribution is -0.0664. The summed E-state index contributed by atoms with van der Waals surface area (Å²) in [6, 6.07) is 0. The lowest BCUT2D eigenvalue weighted by Crippen LogP contribution is -2.19. The SMILES string of the molecule is CO[C@@H]1COCO[C@@H](C)C1. The summed E-state index contributed by atoms with van der Waals surface area (Å²) in [5.41, 5.74) is 0. The van der Waals surface area contributed by atoms with Gasteiger partial charge in [-0.05, 0) is 6.92 Å². The van der Waals surface area contributed by atoms with Crippen LogP contribution in [0.5, 0.6) is 0 Å². The Balaban J connectivity index is 2.30. The minimum absolute atomic E-state index is 0.206. The molecule has 2 atom stereocenters. The number of ether oxygens (including phenoxy) is 3. The van der Waals surface area contributed by atoms with Crippen molar-refractivity contribution in [3.05, 3.63) is 0 Å². The molecule has 0 radical (unpaired) electrons. The van der Waals surface area contributed by atoms with Gasteiger partial charge in [0.1, 0.15) is 6.79 Å². The third-order valence-electron chi connectivity index (χ3n) is 1.67. The molecule has 10 heavy (non-hydrogen) atoms. The Morgan fingerprint density at radius 1 is 1.50 bits per heavy atom. The van der Waals surface area contributed by atoms with Crippen molar-refractivity contribution in [2.45, 2.75) is 25.6 Å². The van der Waals surface area contributed by atoms with E-state index in [2.05, 4.69) is 0 Å². The first-order valence-corrected chi connectivity index (χ1v) is 3.55. The number of hydrogen-bond donors (Lipinski definition) is 0. The van der Waals surface area contributed by atoms with Crippen LogP contribution in [0.3, 0.4) is 0 Å². The fourth-order valence-corrected chi connectivity index (χ4v) is 1.01. The predicted molar refractivity (Wildman–Crippen MR) is 36.8 cm³/mol. The Labute approximate surface area is 61.3 Å². The summed E-state index contributed by atoms with van der Waals surface area (Å²) in [6.45, 7) is 3.09.